The molecule has 0 bridgehead atoms. The van der Waals surface area contributed by atoms with Gasteiger partial charge in [-0.15, -0.1) is 0 Å². The number of nitrogens with zero attached hydrogens (tertiary/aromatic N) is 2. The third-order valence-electron chi connectivity index (χ3n) is 5.50. The molecule has 1 aliphatic heterocycles. The van der Waals surface area contributed by atoms with Crippen LogP contribution in [0.15, 0.2) is 24.3 Å². The Kier molecular flexibility index (Phi) is 4.76. The Balaban J connectivity index is 1.68. The lowest BCUT2D eigenvalue weighted by atomic mass is 9.77. The van der Waals surface area contributed by atoms with Crippen LogP contribution in [0, 0.1) is 11.8 Å². The fourth-order valence-corrected chi connectivity index (χ4v) is 4.34. The van der Waals surface area contributed by atoms with Crippen LogP contribution >= 0.6 is 0 Å². The average Bonchev–Trinajstić information content (AvgIpc) is 2.99. The number of ether oxygens (including phenoxy) is 1. The Morgan fingerprint density at radius 3 is 2.96 bits per heavy atom. The van der Waals surface area contributed by atoms with Crippen LogP contribution in [0.2, 0.25) is 0 Å². The topological polar surface area (TPSA) is 58.8 Å². The molecule has 1 aromatic rings. The molecule has 5 heteroatoms. The van der Waals surface area contributed by atoms with Crippen LogP contribution in [0.3, 0.4) is 0 Å². The van der Waals surface area contributed by atoms with Crippen molar-refractivity contribution >= 4 is 6.03 Å². The molecule has 1 saturated carbocycles. The summed E-state index contributed by atoms with van der Waals surface area (Å²) in [6.45, 7) is 2.55. The van der Waals surface area contributed by atoms with Crippen LogP contribution in [0.1, 0.15) is 24.8 Å². The lowest BCUT2D eigenvalue weighted by Crippen LogP contribution is -2.43. The van der Waals surface area contributed by atoms with Gasteiger partial charge in [0.25, 0.3) is 0 Å². The molecule has 1 saturated heterocycles. The van der Waals surface area contributed by atoms with E-state index in [1.807, 2.05) is 17.0 Å². The van der Waals surface area contributed by atoms with Crippen molar-refractivity contribution in [1.82, 2.24) is 9.80 Å². The summed E-state index contributed by atoms with van der Waals surface area (Å²) in [5.41, 5.74) is 6.75. The number of hydrogen-bond acceptors (Lipinski definition) is 3. The fourth-order valence-electron chi connectivity index (χ4n) is 4.34. The van der Waals surface area contributed by atoms with Crippen molar-refractivity contribution in [1.29, 1.82) is 0 Å². The predicted octanol–water partition coefficient (Wildman–Crippen LogP) is 2.31. The number of methoxy groups -OCH3 is 1. The fraction of sp³-hybridized carbons (Fsp3) is 0.611. The van der Waals surface area contributed by atoms with Crippen molar-refractivity contribution in [2.45, 2.75) is 31.8 Å². The summed E-state index contributed by atoms with van der Waals surface area (Å²) in [4.78, 5) is 15.8. The Morgan fingerprint density at radius 2 is 2.22 bits per heavy atom. The van der Waals surface area contributed by atoms with E-state index < -0.39 is 0 Å². The van der Waals surface area contributed by atoms with Crippen LogP contribution < -0.4 is 10.5 Å². The van der Waals surface area contributed by atoms with Gasteiger partial charge in [0.1, 0.15) is 5.75 Å². The van der Waals surface area contributed by atoms with Crippen molar-refractivity contribution in [2.75, 3.05) is 27.2 Å². The summed E-state index contributed by atoms with van der Waals surface area (Å²) in [5.74, 6) is 2.05. The number of amides is 2. The third kappa shape index (κ3) is 3.44. The molecule has 1 aliphatic carbocycles. The number of carbonyl (C=O) groups is 1. The summed E-state index contributed by atoms with van der Waals surface area (Å²) in [6.07, 6.45) is 3.66. The SMILES string of the molecule is COc1cccc(CN(C)[C@H]2CCC[C@@H]3CN(C(N)=O)C[C@@H]32)c1. The van der Waals surface area contributed by atoms with E-state index in [0.717, 1.165) is 25.4 Å². The van der Waals surface area contributed by atoms with Gasteiger partial charge in [0.05, 0.1) is 7.11 Å². The minimum absolute atomic E-state index is 0.270. The van der Waals surface area contributed by atoms with E-state index in [1.54, 1.807) is 7.11 Å². The number of benzene rings is 1. The third-order valence-corrected chi connectivity index (χ3v) is 5.50. The normalized spacial score (nSPS) is 27.1. The van der Waals surface area contributed by atoms with Crippen molar-refractivity contribution in [2.24, 2.45) is 17.6 Å². The number of likely N-dealkylation sites (tertiary alicyclic amines) is 1. The van der Waals surface area contributed by atoms with E-state index in [9.17, 15) is 4.79 Å². The summed E-state index contributed by atoms with van der Waals surface area (Å²) in [6, 6.07) is 8.50. The van der Waals surface area contributed by atoms with Crippen LogP contribution in [0.4, 0.5) is 4.79 Å². The zero-order chi connectivity index (χ0) is 16.4. The Bertz CT molecular complexity index is 563. The van der Waals surface area contributed by atoms with Crippen molar-refractivity contribution in [3.63, 3.8) is 0 Å². The molecule has 126 valence electrons. The molecular weight excluding hydrogens is 290 g/mol. The highest BCUT2D eigenvalue weighted by Crippen LogP contribution is 2.38. The molecule has 2 aliphatic rings. The lowest BCUT2D eigenvalue weighted by Gasteiger charge is -2.39. The van der Waals surface area contributed by atoms with Gasteiger partial charge in [-0.05, 0) is 49.4 Å². The van der Waals surface area contributed by atoms with Gasteiger partial charge in [-0.3, -0.25) is 4.90 Å². The minimum atomic E-state index is -0.270. The number of nitrogens with two attached hydrogens (primary N) is 1. The first-order valence-corrected chi connectivity index (χ1v) is 8.46. The molecule has 3 atom stereocenters. The molecule has 0 radical (unpaired) electrons. The molecule has 2 fully saturated rings. The first kappa shape index (κ1) is 16.1. The van der Waals surface area contributed by atoms with E-state index in [-0.39, 0.29) is 6.03 Å². The second-order valence-electron chi connectivity index (χ2n) is 6.93. The van der Waals surface area contributed by atoms with Crippen molar-refractivity contribution in [3.8, 4) is 5.75 Å². The lowest BCUT2D eigenvalue weighted by molar-refractivity contribution is 0.105. The van der Waals surface area contributed by atoms with Crippen LogP contribution in [-0.4, -0.2) is 49.1 Å². The molecule has 1 aromatic carbocycles. The number of primary amides is 1. The molecule has 0 aromatic heterocycles. The summed E-state index contributed by atoms with van der Waals surface area (Å²) < 4.78 is 5.32. The number of hydrogen-bond donors (Lipinski definition) is 1. The second-order valence-corrected chi connectivity index (χ2v) is 6.93. The molecule has 2 N–H and O–H groups in total. The maximum absolute atomic E-state index is 11.5. The largest absolute Gasteiger partial charge is 0.497 e. The Labute approximate surface area is 138 Å². The maximum Gasteiger partial charge on any atom is 0.314 e. The van der Waals surface area contributed by atoms with Gasteiger partial charge in [-0.25, -0.2) is 4.79 Å². The van der Waals surface area contributed by atoms with Gasteiger partial charge >= 0.3 is 6.03 Å². The van der Waals surface area contributed by atoms with Gasteiger partial charge in [0, 0.05) is 25.7 Å². The predicted molar refractivity (Wildman–Crippen MR) is 90.2 cm³/mol. The Morgan fingerprint density at radius 1 is 1.39 bits per heavy atom. The van der Waals surface area contributed by atoms with Crippen LogP contribution in [-0.2, 0) is 6.54 Å². The van der Waals surface area contributed by atoms with Gasteiger partial charge < -0.3 is 15.4 Å². The average molecular weight is 317 g/mol. The zero-order valence-corrected chi connectivity index (χ0v) is 14.1. The number of rotatable bonds is 4. The monoisotopic (exact) mass is 317 g/mol. The first-order valence-electron chi connectivity index (χ1n) is 8.46. The summed E-state index contributed by atoms with van der Waals surface area (Å²) >= 11 is 0. The molecule has 0 spiro atoms. The smallest absolute Gasteiger partial charge is 0.314 e. The quantitative estimate of drug-likeness (QED) is 0.927. The van der Waals surface area contributed by atoms with E-state index in [0.29, 0.717) is 17.9 Å². The minimum Gasteiger partial charge on any atom is -0.497 e. The van der Waals surface area contributed by atoms with Crippen LogP contribution in [0.5, 0.6) is 5.75 Å². The molecule has 0 unspecified atom stereocenters. The molecule has 3 rings (SSSR count). The van der Waals surface area contributed by atoms with E-state index in [4.69, 9.17) is 10.5 Å². The molecule has 5 nitrogen and oxygen atoms in total. The van der Waals surface area contributed by atoms with Crippen molar-refractivity contribution in [3.05, 3.63) is 29.8 Å². The van der Waals surface area contributed by atoms with Crippen LogP contribution in [0.25, 0.3) is 0 Å². The molecule has 1 heterocycles. The van der Waals surface area contributed by atoms with Gasteiger partial charge in [0.15, 0.2) is 0 Å². The van der Waals surface area contributed by atoms with Crippen molar-refractivity contribution < 1.29 is 9.53 Å². The first-order chi connectivity index (χ1) is 11.1. The number of fused-ring (bicyclic) bond motifs is 1. The van der Waals surface area contributed by atoms with E-state index in [2.05, 4.69) is 24.1 Å². The highest BCUT2D eigenvalue weighted by Gasteiger charge is 2.42. The second kappa shape index (κ2) is 6.79. The number of carbonyl (C=O) groups excluding carboxylic acids is 1. The van der Waals surface area contributed by atoms with Gasteiger partial charge in [-0.2, -0.15) is 0 Å². The molecule has 23 heavy (non-hydrogen) atoms. The standard InChI is InChI=1S/C18H27N3O2/c1-20(10-13-5-3-7-15(9-13)23-2)17-8-4-6-14-11-21(18(19)22)12-16(14)17/h3,5,7,9,14,16-17H,4,6,8,10-12H2,1-2H3,(H2,19,22)/t14-,16+,17+/m1/s1. The summed E-state index contributed by atoms with van der Waals surface area (Å²) in [5, 5.41) is 0. The highest BCUT2D eigenvalue weighted by molar-refractivity contribution is 5.72. The zero-order valence-electron chi connectivity index (χ0n) is 14.1. The summed E-state index contributed by atoms with van der Waals surface area (Å²) in [7, 11) is 3.89. The molecular formula is C18H27N3O2. The van der Waals surface area contributed by atoms with E-state index in [1.165, 1.54) is 24.8 Å². The number of urea groups is 1. The Hall–Kier alpha value is -1.75. The van der Waals surface area contributed by atoms with Gasteiger partial charge in [0.2, 0.25) is 0 Å². The molecule has 2 amide bonds. The van der Waals surface area contributed by atoms with Gasteiger partial charge in [-0.1, -0.05) is 18.6 Å². The highest BCUT2D eigenvalue weighted by atomic mass is 16.5. The van der Waals surface area contributed by atoms with E-state index >= 15 is 0 Å². The maximum atomic E-state index is 11.5.